The Labute approximate surface area is 127 Å². The van der Waals surface area contributed by atoms with Crippen LogP contribution in [-0.4, -0.2) is 23.7 Å². The topological polar surface area (TPSA) is 57.4 Å². The fraction of sp³-hybridized carbons (Fsp3) is 0.286. The first kappa shape index (κ1) is 14.7. The Hall–Kier alpha value is -1.66. The molecule has 0 saturated heterocycles. The van der Waals surface area contributed by atoms with Crippen LogP contribution < -0.4 is 15.2 Å². The number of hydrogen-bond donors (Lipinski definition) is 1. The summed E-state index contributed by atoms with van der Waals surface area (Å²) in [5.41, 5.74) is 7.17. The average Bonchev–Trinajstić information content (AvgIpc) is 2.95. The number of hydrogen-bond acceptors (Lipinski definition) is 5. The number of nitrogens with two attached hydrogens (primary N) is 1. The van der Waals surface area contributed by atoms with Crippen molar-refractivity contribution in [2.45, 2.75) is 13.3 Å². The molecule has 0 unspecified atom stereocenters. The van der Waals surface area contributed by atoms with E-state index in [4.69, 9.17) is 27.4 Å². The predicted molar refractivity (Wildman–Crippen MR) is 85.8 cm³/mol. The highest BCUT2D eigenvalue weighted by molar-refractivity contribution is 7.80. The molecule has 20 heavy (non-hydrogen) atoms. The molecule has 1 aromatic carbocycles. The first-order valence-corrected chi connectivity index (χ1v) is 7.51. The highest BCUT2D eigenvalue weighted by Crippen LogP contribution is 2.33. The summed E-state index contributed by atoms with van der Waals surface area (Å²) in [5, 5.41) is 2.71. The summed E-state index contributed by atoms with van der Waals surface area (Å²) in [6.45, 7) is 2.73. The third-order valence-corrected chi connectivity index (χ3v) is 3.73. The smallest absolute Gasteiger partial charge is 0.161 e. The van der Waals surface area contributed by atoms with Gasteiger partial charge in [0.1, 0.15) is 15.7 Å². The maximum absolute atomic E-state index is 5.63. The van der Waals surface area contributed by atoms with Crippen LogP contribution in [0, 0.1) is 0 Å². The van der Waals surface area contributed by atoms with Gasteiger partial charge in [-0.05, 0) is 24.6 Å². The number of rotatable bonds is 6. The first-order valence-electron chi connectivity index (χ1n) is 6.22. The normalized spacial score (nSPS) is 10.3. The van der Waals surface area contributed by atoms with Crippen molar-refractivity contribution >= 4 is 28.5 Å². The Morgan fingerprint density at radius 1 is 1.40 bits per heavy atom. The van der Waals surface area contributed by atoms with Gasteiger partial charge in [-0.25, -0.2) is 4.98 Å². The van der Waals surface area contributed by atoms with Crippen LogP contribution >= 0.6 is 23.6 Å². The molecule has 1 aromatic heterocycles. The van der Waals surface area contributed by atoms with E-state index >= 15 is 0 Å². The molecule has 0 atom stereocenters. The highest BCUT2D eigenvalue weighted by Gasteiger charge is 2.10. The van der Waals surface area contributed by atoms with Crippen molar-refractivity contribution in [3.8, 4) is 22.1 Å². The van der Waals surface area contributed by atoms with Crippen LogP contribution in [0.3, 0.4) is 0 Å². The van der Waals surface area contributed by atoms with E-state index in [2.05, 4.69) is 11.9 Å². The van der Waals surface area contributed by atoms with E-state index in [1.807, 2.05) is 23.6 Å². The van der Waals surface area contributed by atoms with Crippen molar-refractivity contribution < 1.29 is 9.47 Å². The van der Waals surface area contributed by atoms with Gasteiger partial charge in [0.15, 0.2) is 11.5 Å². The van der Waals surface area contributed by atoms with Crippen molar-refractivity contribution in [2.75, 3.05) is 13.7 Å². The zero-order valence-electron chi connectivity index (χ0n) is 11.4. The van der Waals surface area contributed by atoms with Crippen LogP contribution in [0.15, 0.2) is 23.6 Å². The molecule has 0 amide bonds. The molecule has 6 heteroatoms. The van der Waals surface area contributed by atoms with E-state index in [0.29, 0.717) is 23.0 Å². The molecule has 0 radical (unpaired) electrons. The molecule has 2 rings (SSSR count). The zero-order chi connectivity index (χ0) is 14.5. The molecule has 0 fully saturated rings. The molecule has 0 saturated carbocycles. The maximum Gasteiger partial charge on any atom is 0.161 e. The van der Waals surface area contributed by atoms with Gasteiger partial charge in [0.05, 0.1) is 13.7 Å². The third-order valence-electron chi connectivity index (χ3n) is 2.63. The van der Waals surface area contributed by atoms with Gasteiger partial charge in [0, 0.05) is 10.9 Å². The summed E-state index contributed by atoms with van der Waals surface area (Å²) in [6, 6.07) is 5.76. The van der Waals surface area contributed by atoms with E-state index in [1.165, 1.54) is 11.3 Å². The molecule has 0 bridgehead atoms. The average molecular weight is 308 g/mol. The molecule has 4 nitrogen and oxygen atoms in total. The number of aromatic nitrogens is 1. The number of thiocarbonyl (C=S) groups is 1. The van der Waals surface area contributed by atoms with Gasteiger partial charge >= 0.3 is 0 Å². The molecule has 106 valence electrons. The van der Waals surface area contributed by atoms with Crippen LogP contribution in [0.4, 0.5) is 0 Å². The summed E-state index contributed by atoms with van der Waals surface area (Å²) in [7, 11) is 1.63. The quantitative estimate of drug-likeness (QED) is 0.830. The molecule has 1 heterocycles. The van der Waals surface area contributed by atoms with Crippen molar-refractivity contribution in [3.05, 3.63) is 29.3 Å². The van der Waals surface area contributed by atoms with Gasteiger partial charge in [-0.15, -0.1) is 11.3 Å². The summed E-state index contributed by atoms with van der Waals surface area (Å²) in [5.74, 6) is 1.44. The molecule has 2 N–H and O–H groups in total. The van der Waals surface area contributed by atoms with Gasteiger partial charge in [-0.2, -0.15) is 0 Å². The Morgan fingerprint density at radius 3 is 2.80 bits per heavy atom. The summed E-state index contributed by atoms with van der Waals surface area (Å²) < 4.78 is 11.0. The minimum atomic E-state index is 0.308. The van der Waals surface area contributed by atoms with Crippen LogP contribution in [0.25, 0.3) is 10.6 Å². The summed E-state index contributed by atoms with van der Waals surface area (Å²) in [4.78, 5) is 4.71. The summed E-state index contributed by atoms with van der Waals surface area (Å²) in [6.07, 6.45) is 0.953. The monoisotopic (exact) mass is 308 g/mol. The van der Waals surface area contributed by atoms with Gasteiger partial charge in [-0.1, -0.05) is 19.1 Å². The van der Waals surface area contributed by atoms with Crippen molar-refractivity contribution in [1.82, 2.24) is 4.98 Å². The fourth-order valence-electron chi connectivity index (χ4n) is 1.65. The lowest BCUT2D eigenvalue weighted by Gasteiger charge is -2.10. The van der Waals surface area contributed by atoms with E-state index in [1.54, 1.807) is 7.11 Å². The van der Waals surface area contributed by atoms with Crippen LogP contribution in [0.5, 0.6) is 11.5 Å². The van der Waals surface area contributed by atoms with E-state index in [9.17, 15) is 0 Å². The molecular formula is C14H16N2O2S2. The van der Waals surface area contributed by atoms with Gasteiger partial charge in [0.25, 0.3) is 0 Å². The number of thiazole rings is 1. The van der Waals surface area contributed by atoms with Gasteiger partial charge < -0.3 is 15.2 Å². The van der Waals surface area contributed by atoms with Crippen LogP contribution in [0.2, 0.25) is 0 Å². The van der Waals surface area contributed by atoms with Gasteiger partial charge in [-0.3, -0.25) is 0 Å². The van der Waals surface area contributed by atoms with E-state index in [0.717, 1.165) is 22.7 Å². The van der Waals surface area contributed by atoms with Crippen molar-refractivity contribution in [1.29, 1.82) is 0 Å². The minimum Gasteiger partial charge on any atom is -0.493 e. The molecule has 0 aliphatic heterocycles. The number of benzene rings is 1. The van der Waals surface area contributed by atoms with E-state index < -0.39 is 0 Å². The molecular weight excluding hydrogens is 292 g/mol. The Kier molecular flexibility index (Phi) is 4.92. The highest BCUT2D eigenvalue weighted by atomic mass is 32.1. The van der Waals surface area contributed by atoms with Crippen LogP contribution in [0.1, 0.15) is 19.0 Å². The Morgan fingerprint density at radius 2 is 2.20 bits per heavy atom. The lowest BCUT2D eigenvalue weighted by atomic mass is 10.2. The summed E-state index contributed by atoms with van der Waals surface area (Å²) >= 11 is 6.42. The fourth-order valence-corrected chi connectivity index (χ4v) is 2.65. The van der Waals surface area contributed by atoms with Crippen molar-refractivity contribution in [2.24, 2.45) is 5.73 Å². The number of ether oxygens (including phenoxy) is 2. The van der Waals surface area contributed by atoms with Crippen LogP contribution in [-0.2, 0) is 0 Å². The lowest BCUT2D eigenvalue weighted by Crippen LogP contribution is -2.09. The second-order valence-electron chi connectivity index (χ2n) is 4.12. The second kappa shape index (κ2) is 6.67. The third kappa shape index (κ3) is 3.26. The Bertz CT molecular complexity index is 611. The predicted octanol–water partition coefficient (Wildman–Crippen LogP) is 3.24. The zero-order valence-corrected chi connectivity index (χ0v) is 13.0. The maximum atomic E-state index is 5.63. The first-order chi connectivity index (χ1) is 9.65. The Balaban J connectivity index is 2.30. The van der Waals surface area contributed by atoms with Gasteiger partial charge in [0.2, 0.25) is 0 Å². The minimum absolute atomic E-state index is 0.308. The standard InChI is InChI=1S/C14H16N2O2S2/c1-3-6-18-11-5-4-9(7-12(11)17-2)14-16-10(8-20-14)13(15)19/h4-5,7-8H,3,6H2,1-2H3,(H2,15,19). The molecule has 0 spiro atoms. The largest absolute Gasteiger partial charge is 0.493 e. The molecule has 0 aliphatic rings. The molecule has 0 aliphatic carbocycles. The number of nitrogens with zero attached hydrogens (tertiary/aromatic N) is 1. The van der Waals surface area contributed by atoms with Crippen molar-refractivity contribution in [3.63, 3.8) is 0 Å². The second-order valence-corrected chi connectivity index (χ2v) is 5.41. The SMILES string of the molecule is CCCOc1ccc(-c2nc(C(N)=S)cs2)cc1OC. The molecule has 2 aromatic rings. The number of methoxy groups -OCH3 is 1. The lowest BCUT2D eigenvalue weighted by molar-refractivity contribution is 0.294. The van der Waals surface area contributed by atoms with E-state index in [-0.39, 0.29) is 0 Å².